The van der Waals surface area contributed by atoms with Gasteiger partial charge in [0.05, 0.1) is 32.0 Å². The zero-order valence-electron chi connectivity index (χ0n) is 54.2. The number of aliphatic hydroxyl groups is 8. The smallest absolute Gasteiger partial charge is 0.220 e. The molecule has 0 spiro atoms. The molecule has 0 radical (unpaired) electrons. The number of ether oxygens (including phenoxy) is 4. The SMILES string of the molecule is CCCCCCCCCCCCCCCC/C=C/C(O)C(COC1OC(CO)C(OC2OC(CO)C(O)C(O)C2O)C(O)C1O)NC(=O)CCCCCCCCCCCCCCCCCCCCCCCCCCCCCCCCCCCC. The Bertz CT molecular complexity index is 1460. The highest BCUT2D eigenvalue weighted by molar-refractivity contribution is 5.76. The van der Waals surface area contributed by atoms with E-state index in [1.807, 2.05) is 6.08 Å². The van der Waals surface area contributed by atoms with Crippen molar-refractivity contribution in [2.24, 2.45) is 0 Å². The molecule has 2 aliphatic rings. The number of unbranched alkanes of at least 4 members (excludes halogenated alkanes) is 47. The molecule has 0 aromatic carbocycles. The molecule has 2 aliphatic heterocycles. The van der Waals surface area contributed by atoms with Crippen molar-refractivity contribution in [1.82, 2.24) is 5.32 Å². The fourth-order valence-corrected chi connectivity index (χ4v) is 12.2. The number of hydrogen-bond acceptors (Lipinski definition) is 13. The molecule has 84 heavy (non-hydrogen) atoms. The van der Waals surface area contributed by atoms with Crippen molar-refractivity contribution in [2.75, 3.05) is 19.8 Å². The average Bonchev–Trinajstić information content (AvgIpc) is 3.69. The van der Waals surface area contributed by atoms with Crippen LogP contribution in [0.3, 0.4) is 0 Å². The van der Waals surface area contributed by atoms with E-state index >= 15 is 0 Å². The van der Waals surface area contributed by atoms with E-state index in [0.29, 0.717) is 6.42 Å². The van der Waals surface area contributed by atoms with Crippen LogP contribution in [-0.4, -0.2) is 140 Å². The average molecular weight is 1200 g/mol. The lowest BCUT2D eigenvalue weighted by atomic mass is 9.97. The number of hydrogen-bond donors (Lipinski definition) is 9. The number of aliphatic hydroxyl groups excluding tert-OH is 8. The van der Waals surface area contributed by atoms with Gasteiger partial charge in [0, 0.05) is 6.42 Å². The molecule has 0 saturated carbocycles. The summed E-state index contributed by atoms with van der Waals surface area (Å²) in [5, 5.41) is 87.3. The number of amides is 1. The van der Waals surface area contributed by atoms with E-state index in [1.54, 1.807) is 6.08 Å². The van der Waals surface area contributed by atoms with Crippen LogP contribution in [0, 0.1) is 0 Å². The lowest BCUT2D eigenvalue weighted by Crippen LogP contribution is -2.65. The maximum atomic E-state index is 13.3. The van der Waals surface area contributed by atoms with Crippen molar-refractivity contribution in [1.29, 1.82) is 0 Å². The summed E-state index contributed by atoms with van der Waals surface area (Å²) in [4.78, 5) is 13.3. The first-order chi connectivity index (χ1) is 41.1. The second-order valence-electron chi connectivity index (χ2n) is 25.7. The first kappa shape index (κ1) is 78.8. The number of nitrogens with one attached hydrogen (secondary N) is 1. The number of rotatable bonds is 60. The molecule has 14 heteroatoms. The summed E-state index contributed by atoms with van der Waals surface area (Å²) >= 11 is 0. The highest BCUT2D eigenvalue weighted by Crippen LogP contribution is 2.30. The molecule has 0 bridgehead atoms. The van der Waals surface area contributed by atoms with Crippen molar-refractivity contribution in [3.8, 4) is 0 Å². The number of carbonyl (C=O) groups excluding carboxylic acids is 1. The van der Waals surface area contributed by atoms with Gasteiger partial charge in [0.1, 0.15) is 48.8 Å². The van der Waals surface area contributed by atoms with Gasteiger partial charge in [0.25, 0.3) is 0 Å². The van der Waals surface area contributed by atoms with Crippen molar-refractivity contribution < 1.29 is 64.6 Å². The van der Waals surface area contributed by atoms with Crippen LogP contribution in [0.25, 0.3) is 0 Å². The Morgan fingerprint density at radius 2 is 0.738 bits per heavy atom. The summed E-state index contributed by atoms with van der Waals surface area (Å²) in [6.07, 6.45) is 51.5. The molecule has 0 aromatic rings. The molecule has 2 rings (SSSR count). The van der Waals surface area contributed by atoms with Crippen LogP contribution in [0.4, 0.5) is 0 Å². The fraction of sp³-hybridized carbons (Fsp3) is 0.957. The van der Waals surface area contributed by atoms with Crippen LogP contribution in [-0.2, 0) is 23.7 Å². The predicted molar refractivity (Wildman–Crippen MR) is 342 cm³/mol. The summed E-state index contributed by atoms with van der Waals surface area (Å²) in [6.45, 7) is 2.85. The van der Waals surface area contributed by atoms with Crippen LogP contribution >= 0.6 is 0 Å². The van der Waals surface area contributed by atoms with Gasteiger partial charge in [0.15, 0.2) is 12.6 Å². The van der Waals surface area contributed by atoms with E-state index in [9.17, 15) is 45.6 Å². The van der Waals surface area contributed by atoms with Crippen LogP contribution < -0.4 is 5.32 Å². The minimum atomic E-state index is -1.79. The van der Waals surface area contributed by atoms with Crippen LogP contribution in [0.5, 0.6) is 0 Å². The fourth-order valence-electron chi connectivity index (χ4n) is 12.2. The van der Waals surface area contributed by atoms with Gasteiger partial charge in [-0.3, -0.25) is 4.79 Å². The van der Waals surface area contributed by atoms with Gasteiger partial charge in [-0.05, 0) is 19.3 Å². The molecule has 14 nitrogen and oxygen atoms in total. The van der Waals surface area contributed by atoms with Crippen molar-refractivity contribution in [2.45, 2.75) is 408 Å². The van der Waals surface area contributed by atoms with Crippen LogP contribution in [0.2, 0.25) is 0 Å². The highest BCUT2D eigenvalue weighted by atomic mass is 16.7. The minimum absolute atomic E-state index is 0.231. The zero-order chi connectivity index (χ0) is 60.9. The molecule has 1 amide bonds. The largest absolute Gasteiger partial charge is 0.394 e. The Morgan fingerprint density at radius 1 is 0.417 bits per heavy atom. The van der Waals surface area contributed by atoms with Gasteiger partial charge in [-0.2, -0.15) is 0 Å². The van der Waals surface area contributed by atoms with Crippen LogP contribution in [0.1, 0.15) is 335 Å². The first-order valence-electron chi connectivity index (χ1n) is 35.9. The quantitative estimate of drug-likeness (QED) is 0.0204. The summed E-state index contributed by atoms with van der Waals surface area (Å²) in [6, 6.07) is -0.910. The lowest BCUT2D eigenvalue weighted by molar-refractivity contribution is -0.359. The molecule has 2 saturated heterocycles. The third kappa shape index (κ3) is 39.7. The molecule has 0 aliphatic carbocycles. The van der Waals surface area contributed by atoms with Gasteiger partial charge >= 0.3 is 0 Å². The third-order valence-corrected chi connectivity index (χ3v) is 18.0. The topological polar surface area (TPSA) is 228 Å². The van der Waals surface area contributed by atoms with E-state index < -0.39 is 86.8 Å². The van der Waals surface area contributed by atoms with Gasteiger partial charge in [-0.15, -0.1) is 0 Å². The Labute approximate surface area is 514 Å². The Hall–Kier alpha value is -1.27. The number of carbonyl (C=O) groups is 1. The normalized spacial score (nSPS) is 23.6. The van der Waals surface area contributed by atoms with Gasteiger partial charge < -0.3 is 65.1 Å². The van der Waals surface area contributed by atoms with Crippen molar-refractivity contribution >= 4 is 5.91 Å². The molecule has 0 aromatic heterocycles. The van der Waals surface area contributed by atoms with Crippen LogP contribution in [0.15, 0.2) is 12.2 Å². The highest BCUT2D eigenvalue weighted by Gasteiger charge is 2.51. The maximum Gasteiger partial charge on any atom is 0.220 e. The monoisotopic (exact) mass is 1200 g/mol. The predicted octanol–water partition coefficient (Wildman–Crippen LogP) is 14.6. The summed E-state index contributed by atoms with van der Waals surface area (Å²) in [5.41, 5.74) is 0. The van der Waals surface area contributed by atoms with Gasteiger partial charge in [0.2, 0.25) is 5.91 Å². The van der Waals surface area contributed by atoms with Gasteiger partial charge in [-0.25, -0.2) is 0 Å². The molecule has 9 N–H and O–H groups in total. The molecule has 2 fully saturated rings. The maximum absolute atomic E-state index is 13.3. The summed E-state index contributed by atoms with van der Waals surface area (Å²) < 4.78 is 22.8. The zero-order valence-corrected chi connectivity index (χ0v) is 54.2. The van der Waals surface area contributed by atoms with Crippen molar-refractivity contribution in [3.05, 3.63) is 12.2 Å². The molecule has 2 heterocycles. The summed E-state index contributed by atoms with van der Waals surface area (Å²) in [7, 11) is 0. The molecule has 498 valence electrons. The minimum Gasteiger partial charge on any atom is -0.394 e. The first-order valence-corrected chi connectivity index (χ1v) is 35.9. The molecular weight excluding hydrogens is 1060 g/mol. The Kier molecular flexibility index (Phi) is 52.3. The molecule has 12 atom stereocenters. The Balaban J connectivity index is 1.60. The third-order valence-electron chi connectivity index (χ3n) is 18.0. The second kappa shape index (κ2) is 55.8. The van der Waals surface area contributed by atoms with E-state index in [2.05, 4.69) is 19.2 Å². The number of allylic oxidation sites excluding steroid dienone is 1. The van der Waals surface area contributed by atoms with Crippen molar-refractivity contribution in [3.63, 3.8) is 0 Å². The van der Waals surface area contributed by atoms with E-state index in [-0.39, 0.29) is 18.9 Å². The van der Waals surface area contributed by atoms with E-state index in [0.717, 1.165) is 38.5 Å². The summed E-state index contributed by atoms with van der Waals surface area (Å²) in [5.74, 6) is -0.231. The van der Waals surface area contributed by atoms with Gasteiger partial charge in [-0.1, -0.05) is 321 Å². The van der Waals surface area contributed by atoms with E-state index in [4.69, 9.17) is 18.9 Å². The lowest BCUT2D eigenvalue weighted by Gasteiger charge is -2.46. The molecule has 12 unspecified atom stereocenters. The second-order valence-corrected chi connectivity index (χ2v) is 25.7. The van der Waals surface area contributed by atoms with E-state index in [1.165, 1.54) is 270 Å². The molecular formula is C70H135NO13. The standard InChI is InChI=1S/C70H135NO13/c1-3-5-7-9-11-13-15-17-19-21-22-23-24-25-26-27-28-29-30-31-32-33-34-35-36-37-38-40-42-44-46-48-50-52-54-62(75)71-58(59(74)53-51-49-47-45-43-41-39-20-18-16-14-12-10-8-6-4-2)57-81-69-67(80)65(78)68(61(56-73)83-69)84-70-66(79)64(77)63(76)60(55-72)82-70/h51,53,58-61,63-70,72-74,76-80H,3-50,52,54-57H2,1-2H3,(H,71,75)/b53-51+. The Morgan fingerprint density at radius 3 is 1.10 bits per heavy atom.